The zero-order valence-corrected chi connectivity index (χ0v) is 15.2. The minimum absolute atomic E-state index is 0.00438. The van der Waals surface area contributed by atoms with Crippen molar-refractivity contribution in [3.05, 3.63) is 41.9 Å². The predicted octanol–water partition coefficient (Wildman–Crippen LogP) is 2.36. The third-order valence-electron chi connectivity index (χ3n) is 4.94. The van der Waals surface area contributed by atoms with Crippen molar-refractivity contribution in [2.75, 3.05) is 5.32 Å². The van der Waals surface area contributed by atoms with Crippen LogP contribution in [0.15, 0.2) is 30.3 Å². The number of nitrogens with zero attached hydrogens (tertiary/aromatic N) is 3. The van der Waals surface area contributed by atoms with Crippen LogP contribution in [-0.2, 0) is 18.4 Å². The van der Waals surface area contributed by atoms with Crippen LogP contribution < -0.4 is 10.6 Å². The van der Waals surface area contributed by atoms with Gasteiger partial charge in [-0.15, -0.1) is 0 Å². The maximum Gasteiger partial charge on any atom is 0.272 e. The average molecular weight is 366 g/mol. The largest absolute Gasteiger partial charge is 0.343 e. The van der Waals surface area contributed by atoms with Gasteiger partial charge >= 0.3 is 0 Å². The molecule has 0 spiro atoms. The molecule has 2 aromatic heterocycles. The van der Waals surface area contributed by atoms with E-state index >= 15 is 0 Å². The van der Waals surface area contributed by atoms with E-state index in [-0.39, 0.29) is 30.0 Å². The Balaban J connectivity index is 1.39. The Kier molecular flexibility index (Phi) is 4.62. The van der Waals surface area contributed by atoms with E-state index in [2.05, 4.69) is 25.7 Å². The summed E-state index contributed by atoms with van der Waals surface area (Å²) in [6, 6.07) is 9.29. The van der Waals surface area contributed by atoms with Gasteiger partial charge in [0, 0.05) is 19.0 Å². The zero-order chi connectivity index (χ0) is 18.8. The summed E-state index contributed by atoms with van der Waals surface area (Å²) in [5.41, 5.74) is 2.04. The van der Waals surface area contributed by atoms with E-state index in [9.17, 15) is 9.59 Å². The van der Waals surface area contributed by atoms with E-state index in [0.29, 0.717) is 11.6 Å². The Morgan fingerprint density at radius 1 is 1.26 bits per heavy atom. The number of aryl methyl sites for hydroxylation is 1. The first-order chi connectivity index (χ1) is 13.1. The fourth-order valence-electron chi connectivity index (χ4n) is 3.46. The quantitative estimate of drug-likeness (QED) is 0.645. The van der Waals surface area contributed by atoms with Crippen molar-refractivity contribution in [1.29, 1.82) is 0 Å². The highest BCUT2D eigenvalue weighted by atomic mass is 16.2. The monoisotopic (exact) mass is 366 g/mol. The highest BCUT2D eigenvalue weighted by molar-refractivity contribution is 5.96. The van der Waals surface area contributed by atoms with Crippen LogP contribution in [-0.4, -0.2) is 31.6 Å². The van der Waals surface area contributed by atoms with Gasteiger partial charge in [0.1, 0.15) is 11.6 Å². The highest BCUT2D eigenvalue weighted by Crippen LogP contribution is 2.26. The summed E-state index contributed by atoms with van der Waals surface area (Å²) in [6.45, 7) is 0.272. The number of nitrogens with one attached hydrogen (secondary N) is 3. The lowest BCUT2D eigenvalue weighted by Crippen LogP contribution is -2.24. The summed E-state index contributed by atoms with van der Waals surface area (Å²) in [6.07, 6.45) is 4.04. The van der Waals surface area contributed by atoms with Gasteiger partial charge < -0.3 is 15.6 Å². The molecule has 3 aromatic rings. The molecule has 4 rings (SSSR count). The second kappa shape index (κ2) is 7.22. The third kappa shape index (κ3) is 3.69. The summed E-state index contributed by atoms with van der Waals surface area (Å²) >= 11 is 0. The Hall–Kier alpha value is -3.16. The van der Waals surface area contributed by atoms with Crippen LogP contribution in [0.25, 0.3) is 11.0 Å². The maximum absolute atomic E-state index is 12.4. The molecule has 3 N–H and O–H groups in total. The molecule has 1 fully saturated rings. The normalized spacial score (nSPS) is 14.6. The molecular formula is C19H22N6O2. The van der Waals surface area contributed by atoms with Crippen LogP contribution in [0.3, 0.4) is 0 Å². The number of rotatable bonds is 5. The SMILES string of the molecule is Cn1nc(C(=O)NCc2nc3ccccc3[nH]2)cc1NC(=O)C1CCCC1. The van der Waals surface area contributed by atoms with Crippen molar-refractivity contribution in [2.45, 2.75) is 32.2 Å². The number of carbonyl (C=O) groups is 2. The van der Waals surface area contributed by atoms with E-state index in [4.69, 9.17) is 0 Å². The number of aromatic nitrogens is 4. The van der Waals surface area contributed by atoms with E-state index in [1.165, 1.54) is 4.68 Å². The van der Waals surface area contributed by atoms with Gasteiger partial charge in [0.25, 0.3) is 5.91 Å². The van der Waals surface area contributed by atoms with Crippen molar-refractivity contribution >= 4 is 28.7 Å². The number of benzene rings is 1. The fourth-order valence-corrected chi connectivity index (χ4v) is 3.46. The molecule has 0 unspecified atom stereocenters. The smallest absolute Gasteiger partial charge is 0.272 e. The summed E-state index contributed by atoms with van der Waals surface area (Å²) < 4.78 is 1.52. The van der Waals surface area contributed by atoms with Crippen molar-refractivity contribution in [2.24, 2.45) is 13.0 Å². The van der Waals surface area contributed by atoms with Crippen LogP contribution in [0.2, 0.25) is 0 Å². The number of hydrogen-bond acceptors (Lipinski definition) is 4. The summed E-state index contributed by atoms with van der Waals surface area (Å²) in [5, 5.41) is 9.89. The number of carbonyl (C=O) groups excluding carboxylic acids is 2. The van der Waals surface area contributed by atoms with Crippen molar-refractivity contribution in [1.82, 2.24) is 25.1 Å². The molecule has 2 heterocycles. The van der Waals surface area contributed by atoms with E-state index in [1.54, 1.807) is 13.1 Å². The lowest BCUT2D eigenvalue weighted by molar-refractivity contribution is -0.119. The van der Waals surface area contributed by atoms with Gasteiger partial charge in [-0.05, 0) is 25.0 Å². The van der Waals surface area contributed by atoms with Crippen molar-refractivity contribution < 1.29 is 9.59 Å². The van der Waals surface area contributed by atoms with Gasteiger partial charge in [0.2, 0.25) is 5.91 Å². The molecule has 0 atom stereocenters. The van der Waals surface area contributed by atoms with Crippen molar-refractivity contribution in [3.63, 3.8) is 0 Å². The number of amides is 2. The van der Waals surface area contributed by atoms with E-state index in [1.807, 2.05) is 24.3 Å². The molecule has 0 aliphatic heterocycles. The summed E-state index contributed by atoms with van der Waals surface area (Å²) in [4.78, 5) is 32.3. The Morgan fingerprint density at radius 3 is 2.81 bits per heavy atom. The van der Waals surface area contributed by atoms with Gasteiger partial charge in [-0.2, -0.15) is 5.10 Å². The molecule has 140 valence electrons. The maximum atomic E-state index is 12.4. The van der Waals surface area contributed by atoms with Crippen LogP contribution >= 0.6 is 0 Å². The molecule has 1 aliphatic carbocycles. The second-order valence-electron chi connectivity index (χ2n) is 6.89. The van der Waals surface area contributed by atoms with Gasteiger partial charge in [0.05, 0.1) is 17.6 Å². The van der Waals surface area contributed by atoms with Crippen LogP contribution in [0.4, 0.5) is 5.82 Å². The van der Waals surface area contributed by atoms with Gasteiger partial charge in [-0.1, -0.05) is 25.0 Å². The minimum atomic E-state index is -0.313. The molecule has 27 heavy (non-hydrogen) atoms. The number of aromatic amines is 1. The van der Waals surface area contributed by atoms with Gasteiger partial charge in [-0.25, -0.2) is 4.98 Å². The lowest BCUT2D eigenvalue weighted by Gasteiger charge is -2.09. The van der Waals surface area contributed by atoms with Gasteiger partial charge in [-0.3, -0.25) is 14.3 Å². The molecule has 1 aromatic carbocycles. The number of imidazole rings is 1. The fraction of sp³-hybridized carbons (Fsp3) is 0.368. The minimum Gasteiger partial charge on any atom is -0.343 e. The Bertz CT molecular complexity index is 950. The van der Waals surface area contributed by atoms with Gasteiger partial charge in [0.15, 0.2) is 5.69 Å². The van der Waals surface area contributed by atoms with E-state index in [0.717, 1.165) is 36.7 Å². The summed E-state index contributed by atoms with van der Waals surface area (Å²) in [7, 11) is 1.71. The molecule has 0 bridgehead atoms. The molecule has 0 radical (unpaired) electrons. The highest BCUT2D eigenvalue weighted by Gasteiger charge is 2.24. The average Bonchev–Trinajstić information content (AvgIpc) is 3.39. The zero-order valence-electron chi connectivity index (χ0n) is 15.2. The third-order valence-corrected chi connectivity index (χ3v) is 4.94. The number of H-pyrrole nitrogens is 1. The first-order valence-corrected chi connectivity index (χ1v) is 9.17. The predicted molar refractivity (Wildman–Crippen MR) is 101 cm³/mol. The molecule has 2 amide bonds. The van der Waals surface area contributed by atoms with E-state index < -0.39 is 0 Å². The molecule has 8 nitrogen and oxygen atoms in total. The van der Waals surface area contributed by atoms with Crippen LogP contribution in [0, 0.1) is 5.92 Å². The number of fused-ring (bicyclic) bond motifs is 1. The molecule has 8 heteroatoms. The lowest BCUT2D eigenvalue weighted by atomic mass is 10.1. The number of hydrogen-bond donors (Lipinski definition) is 3. The Morgan fingerprint density at radius 2 is 2.04 bits per heavy atom. The van der Waals surface area contributed by atoms with Crippen LogP contribution in [0.5, 0.6) is 0 Å². The standard InChI is InChI=1S/C19H22N6O2/c1-25-17(23-18(26)12-6-2-3-7-12)10-15(24-25)19(27)20-11-16-21-13-8-4-5-9-14(13)22-16/h4-5,8-10,12H,2-3,6-7,11H2,1H3,(H,20,27)(H,21,22)(H,23,26). The second-order valence-corrected chi connectivity index (χ2v) is 6.89. The topological polar surface area (TPSA) is 105 Å². The molecule has 0 saturated heterocycles. The summed E-state index contributed by atoms with van der Waals surface area (Å²) in [5.74, 6) is 0.957. The van der Waals surface area contributed by atoms with Crippen LogP contribution in [0.1, 0.15) is 42.0 Å². The molecule has 1 aliphatic rings. The number of anilines is 1. The number of para-hydroxylation sites is 2. The molecular weight excluding hydrogens is 344 g/mol. The Labute approximate surface area is 156 Å². The first-order valence-electron chi connectivity index (χ1n) is 9.17. The first kappa shape index (κ1) is 17.3. The van der Waals surface area contributed by atoms with Crippen molar-refractivity contribution in [3.8, 4) is 0 Å². The molecule has 1 saturated carbocycles.